The van der Waals surface area contributed by atoms with E-state index in [9.17, 15) is 0 Å². The van der Waals surface area contributed by atoms with E-state index >= 15 is 0 Å². The largest absolute Gasteiger partial charge is 0.494 e. The van der Waals surface area contributed by atoms with Crippen LogP contribution < -0.4 is 15.4 Å². The lowest BCUT2D eigenvalue weighted by Gasteiger charge is -2.24. The molecule has 1 atom stereocenters. The van der Waals surface area contributed by atoms with Gasteiger partial charge in [-0.15, -0.1) is 0 Å². The van der Waals surface area contributed by atoms with Gasteiger partial charge in [0, 0.05) is 25.7 Å². The molecule has 2 rings (SSSR count). The Kier molecular flexibility index (Phi) is 4.19. The molecule has 2 N–H and O–H groups in total. The van der Waals surface area contributed by atoms with Gasteiger partial charge in [0.1, 0.15) is 5.75 Å². The highest BCUT2D eigenvalue weighted by Crippen LogP contribution is 2.13. The normalized spacial score (nSPS) is 20.7. The van der Waals surface area contributed by atoms with Crippen LogP contribution >= 0.6 is 0 Å². The SMILES string of the molecule is CCOc1ccc(CC2CNCCN2)cc1. The van der Waals surface area contributed by atoms with Crippen molar-refractivity contribution in [3.63, 3.8) is 0 Å². The van der Waals surface area contributed by atoms with Crippen molar-refractivity contribution in [1.82, 2.24) is 10.6 Å². The molecule has 0 radical (unpaired) electrons. The summed E-state index contributed by atoms with van der Waals surface area (Å²) in [6, 6.07) is 8.97. The number of rotatable bonds is 4. The first kappa shape index (κ1) is 11.4. The Bertz CT molecular complexity index is 304. The molecule has 0 aromatic heterocycles. The van der Waals surface area contributed by atoms with E-state index in [1.165, 1.54) is 5.56 Å². The molecule has 1 heterocycles. The molecule has 0 bridgehead atoms. The van der Waals surface area contributed by atoms with E-state index in [0.717, 1.165) is 38.4 Å². The lowest BCUT2D eigenvalue weighted by atomic mass is 10.0. The van der Waals surface area contributed by atoms with Gasteiger partial charge in [-0.3, -0.25) is 0 Å². The number of hydrogen-bond acceptors (Lipinski definition) is 3. The van der Waals surface area contributed by atoms with Crippen LogP contribution in [0.2, 0.25) is 0 Å². The molecule has 1 aliphatic heterocycles. The Hall–Kier alpha value is -1.06. The average Bonchev–Trinajstić information content (AvgIpc) is 2.33. The van der Waals surface area contributed by atoms with Gasteiger partial charge in [-0.1, -0.05) is 12.1 Å². The molecule has 88 valence electrons. The summed E-state index contributed by atoms with van der Waals surface area (Å²) in [6.45, 7) is 5.95. The summed E-state index contributed by atoms with van der Waals surface area (Å²) in [4.78, 5) is 0. The molecular formula is C13H20N2O. The second-order valence-electron chi connectivity index (χ2n) is 4.14. The molecule has 0 spiro atoms. The molecule has 3 heteroatoms. The maximum absolute atomic E-state index is 5.42. The van der Waals surface area contributed by atoms with Crippen LogP contribution in [0.4, 0.5) is 0 Å². The monoisotopic (exact) mass is 220 g/mol. The van der Waals surface area contributed by atoms with Crippen molar-refractivity contribution in [1.29, 1.82) is 0 Å². The Morgan fingerprint density at radius 1 is 1.25 bits per heavy atom. The number of nitrogens with one attached hydrogen (secondary N) is 2. The minimum absolute atomic E-state index is 0.562. The van der Waals surface area contributed by atoms with E-state index in [4.69, 9.17) is 4.74 Å². The predicted molar refractivity (Wildman–Crippen MR) is 66.0 cm³/mol. The summed E-state index contributed by atoms with van der Waals surface area (Å²) >= 11 is 0. The van der Waals surface area contributed by atoms with Gasteiger partial charge in [0.2, 0.25) is 0 Å². The van der Waals surface area contributed by atoms with E-state index in [-0.39, 0.29) is 0 Å². The first-order valence-electron chi connectivity index (χ1n) is 6.04. The highest BCUT2D eigenvalue weighted by molar-refractivity contribution is 5.27. The molecule has 16 heavy (non-hydrogen) atoms. The molecule has 1 saturated heterocycles. The zero-order valence-electron chi connectivity index (χ0n) is 9.83. The van der Waals surface area contributed by atoms with Crippen molar-refractivity contribution in [3.8, 4) is 5.75 Å². The summed E-state index contributed by atoms with van der Waals surface area (Å²) in [5, 5.41) is 6.91. The van der Waals surface area contributed by atoms with Gasteiger partial charge >= 0.3 is 0 Å². The fourth-order valence-corrected chi connectivity index (χ4v) is 2.03. The van der Waals surface area contributed by atoms with Gasteiger partial charge in [0.25, 0.3) is 0 Å². The van der Waals surface area contributed by atoms with E-state index in [1.54, 1.807) is 0 Å². The second kappa shape index (κ2) is 5.87. The predicted octanol–water partition coefficient (Wildman–Crippen LogP) is 1.19. The molecule has 1 aromatic carbocycles. The van der Waals surface area contributed by atoms with Crippen LogP contribution in [0.5, 0.6) is 5.75 Å². The molecule has 3 nitrogen and oxygen atoms in total. The summed E-state index contributed by atoms with van der Waals surface area (Å²) in [6.07, 6.45) is 1.08. The van der Waals surface area contributed by atoms with Crippen molar-refractivity contribution in [3.05, 3.63) is 29.8 Å². The van der Waals surface area contributed by atoms with Crippen molar-refractivity contribution < 1.29 is 4.74 Å². The van der Waals surface area contributed by atoms with Crippen molar-refractivity contribution >= 4 is 0 Å². The lowest BCUT2D eigenvalue weighted by Crippen LogP contribution is -2.49. The molecule has 0 saturated carbocycles. The van der Waals surface area contributed by atoms with Gasteiger partial charge in [0.05, 0.1) is 6.61 Å². The molecule has 1 aliphatic rings. The molecular weight excluding hydrogens is 200 g/mol. The Balaban J connectivity index is 1.88. The number of piperazine rings is 1. The summed E-state index contributed by atoms with van der Waals surface area (Å²) < 4.78 is 5.42. The molecule has 0 aliphatic carbocycles. The molecule has 1 aromatic rings. The van der Waals surface area contributed by atoms with Gasteiger partial charge in [-0.05, 0) is 31.0 Å². The van der Waals surface area contributed by atoms with Crippen LogP contribution in [0.25, 0.3) is 0 Å². The number of benzene rings is 1. The highest BCUT2D eigenvalue weighted by atomic mass is 16.5. The lowest BCUT2D eigenvalue weighted by molar-refractivity contribution is 0.340. The smallest absolute Gasteiger partial charge is 0.119 e. The molecule has 1 fully saturated rings. The highest BCUT2D eigenvalue weighted by Gasteiger charge is 2.12. The summed E-state index contributed by atoms with van der Waals surface area (Å²) in [7, 11) is 0. The first-order chi connectivity index (χ1) is 7.88. The van der Waals surface area contributed by atoms with Crippen LogP contribution in [-0.4, -0.2) is 32.3 Å². The number of ether oxygens (including phenoxy) is 1. The van der Waals surface area contributed by atoms with Crippen LogP contribution in [0.3, 0.4) is 0 Å². The molecule has 0 amide bonds. The topological polar surface area (TPSA) is 33.3 Å². The first-order valence-corrected chi connectivity index (χ1v) is 6.04. The van der Waals surface area contributed by atoms with Gasteiger partial charge in [-0.25, -0.2) is 0 Å². The third-order valence-electron chi connectivity index (χ3n) is 2.84. The van der Waals surface area contributed by atoms with E-state index in [1.807, 2.05) is 6.92 Å². The fraction of sp³-hybridized carbons (Fsp3) is 0.538. The van der Waals surface area contributed by atoms with E-state index in [0.29, 0.717) is 6.04 Å². The van der Waals surface area contributed by atoms with Gasteiger partial charge in [-0.2, -0.15) is 0 Å². The fourth-order valence-electron chi connectivity index (χ4n) is 2.03. The zero-order valence-corrected chi connectivity index (χ0v) is 9.83. The second-order valence-corrected chi connectivity index (χ2v) is 4.14. The number of hydrogen-bond donors (Lipinski definition) is 2. The summed E-state index contributed by atoms with van der Waals surface area (Å²) in [5.41, 5.74) is 1.37. The third-order valence-corrected chi connectivity index (χ3v) is 2.84. The Morgan fingerprint density at radius 2 is 2.06 bits per heavy atom. The third kappa shape index (κ3) is 3.22. The van der Waals surface area contributed by atoms with Gasteiger partial charge in [0.15, 0.2) is 0 Å². The maximum Gasteiger partial charge on any atom is 0.119 e. The molecule has 1 unspecified atom stereocenters. The standard InChI is InChI=1S/C13H20N2O/c1-2-16-13-5-3-11(4-6-13)9-12-10-14-7-8-15-12/h3-6,12,14-15H,2,7-10H2,1H3. The minimum Gasteiger partial charge on any atom is -0.494 e. The quantitative estimate of drug-likeness (QED) is 0.799. The van der Waals surface area contributed by atoms with Crippen LogP contribution in [0.15, 0.2) is 24.3 Å². The Morgan fingerprint density at radius 3 is 2.69 bits per heavy atom. The minimum atomic E-state index is 0.562. The van der Waals surface area contributed by atoms with Crippen molar-refractivity contribution in [2.24, 2.45) is 0 Å². The van der Waals surface area contributed by atoms with Crippen molar-refractivity contribution in [2.45, 2.75) is 19.4 Å². The van der Waals surface area contributed by atoms with Crippen LogP contribution in [0.1, 0.15) is 12.5 Å². The van der Waals surface area contributed by atoms with Crippen LogP contribution in [-0.2, 0) is 6.42 Å². The Labute approximate surface area is 97.2 Å². The van der Waals surface area contributed by atoms with Gasteiger partial charge < -0.3 is 15.4 Å². The van der Waals surface area contributed by atoms with Crippen molar-refractivity contribution in [2.75, 3.05) is 26.2 Å². The maximum atomic E-state index is 5.42. The summed E-state index contributed by atoms with van der Waals surface area (Å²) in [5.74, 6) is 0.959. The average molecular weight is 220 g/mol. The zero-order chi connectivity index (χ0) is 11.2. The van der Waals surface area contributed by atoms with E-state index < -0.39 is 0 Å². The van der Waals surface area contributed by atoms with E-state index in [2.05, 4.69) is 34.9 Å². The van der Waals surface area contributed by atoms with Crippen LogP contribution in [0, 0.1) is 0 Å².